The van der Waals surface area contributed by atoms with Crippen molar-refractivity contribution in [3.8, 4) is 5.69 Å². The van der Waals surface area contributed by atoms with Crippen LogP contribution in [0.1, 0.15) is 10.4 Å². The van der Waals surface area contributed by atoms with Crippen molar-refractivity contribution in [2.24, 2.45) is 7.05 Å². The molecule has 2 aromatic heterocycles. The van der Waals surface area contributed by atoms with Crippen LogP contribution < -0.4 is 5.56 Å². The molecule has 0 aliphatic rings. The summed E-state index contributed by atoms with van der Waals surface area (Å²) in [5, 5.41) is 1.02. The maximum Gasteiger partial charge on any atom is 0.255 e. The molecule has 0 unspecified atom stereocenters. The van der Waals surface area contributed by atoms with E-state index in [2.05, 4.69) is 4.57 Å². The molecule has 2 heterocycles. The summed E-state index contributed by atoms with van der Waals surface area (Å²) in [5.74, 6) is -0.0732. The van der Waals surface area contributed by atoms with Crippen LogP contribution in [-0.2, 0) is 7.05 Å². The Kier molecular flexibility index (Phi) is 4.35. The van der Waals surface area contributed by atoms with E-state index in [1.54, 1.807) is 29.0 Å². The Hall–Kier alpha value is -3.60. The van der Waals surface area contributed by atoms with Crippen molar-refractivity contribution in [3.63, 3.8) is 0 Å². The zero-order valence-corrected chi connectivity index (χ0v) is 16.1. The molecule has 28 heavy (non-hydrogen) atoms. The summed E-state index contributed by atoms with van der Waals surface area (Å²) in [4.78, 5) is 26.8. The third kappa shape index (κ3) is 2.91. The predicted octanol–water partition coefficient (Wildman–Crippen LogP) is 3.74. The fourth-order valence-electron chi connectivity index (χ4n) is 3.50. The van der Waals surface area contributed by atoms with Crippen molar-refractivity contribution < 1.29 is 4.79 Å². The van der Waals surface area contributed by atoms with Crippen molar-refractivity contribution in [1.29, 1.82) is 0 Å². The zero-order valence-electron chi connectivity index (χ0n) is 16.1. The van der Waals surface area contributed by atoms with Gasteiger partial charge in [0.2, 0.25) is 0 Å². The largest absolute Gasteiger partial charge is 0.383 e. The average molecular weight is 371 g/mol. The van der Waals surface area contributed by atoms with E-state index in [0.29, 0.717) is 5.56 Å². The van der Waals surface area contributed by atoms with E-state index in [-0.39, 0.29) is 11.3 Å². The molecule has 5 heteroatoms. The molecule has 0 fully saturated rings. The smallest absolute Gasteiger partial charge is 0.255 e. The van der Waals surface area contributed by atoms with Gasteiger partial charge in [-0.05, 0) is 36.4 Å². The van der Waals surface area contributed by atoms with Crippen LogP contribution in [0, 0.1) is 0 Å². The van der Waals surface area contributed by atoms with Gasteiger partial charge in [0.1, 0.15) is 0 Å². The molecule has 0 spiro atoms. The first-order valence-electron chi connectivity index (χ1n) is 9.06. The molecule has 0 saturated heterocycles. The first-order chi connectivity index (χ1) is 13.5. The highest BCUT2D eigenvalue weighted by Gasteiger charge is 2.14. The number of hydrogen-bond donors (Lipinski definition) is 0. The number of aromatic nitrogens is 2. The number of benzene rings is 2. The number of pyridine rings is 1. The van der Waals surface area contributed by atoms with Gasteiger partial charge in [-0.15, -0.1) is 0 Å². The molecule has 0 atom stereocenters. The van der Waals surface area contributed by atoms with Crippen LogP contribution in [0.4, 0.5) is 0 Å². The molecular weight excluding hydrogens is 350 g/mol. The predicted molar refractivity (Wildman–Crippen MR) is 113 cm³/mol. The first-order valence-corrected chi connectivity index (χ1v) is 9.06. The number of carbonyl (C=O) groups excluding carboxylic acids is 1. The number of carbonyl (C=O) groups is 1. The monoisotopic (exact) mass is 371 g/mol. The maximum absolute atomic E-state index is 12.8. The fourth-order valence-corrected chi connectivity index (χ4v) is 3.50. The van der Waals surface area contributed by atoms with E-state index >= 15 is 0 Å². The summed E-state index contributed by atoms with van der Waals surface area (Å²) < 4.78 is 3.80. The van der Waals surface area contributed by atoms with Gasteiger partial charge in [0.25, 0.3) is 5.56 Å². The van der Waals surface area contributed by atoms with Gasteiger partial charge in [-0.2, -0.15) is 0 Å². The van der Waals surface area contributed by atoms with Crippen LogP contribution in [0.5, 0.6) is 0 Å². The van der Waals surface area contributed by atoms with Crippen molar-refractivity contribution in [3.05, 3.63) is 88.9 Å². The van der Waals surface area contributed by atoms with Crippen LogP contribution in [0.15, 0.2) is 77.7 Å². The van der Waals surface area contributed by atoms with Gasteiger partial charge in [-0.25, -0.2) is 0 Å². The van der Waals surface area contributed by atoms with E-state index in [1.807, 2.05) is 68.5 Å². The summed E-state index contributed by atoms with van der Waals surface area (Å²) in [5.41, 5.74) is 4.14. The molecule has 0 N–H and O–H groups in total. The molecule has 0 saturated carbocycles. The van der Waals surface area contributed by atoms with E-state index in [1.165, 1.54) is 6.08 Å². The third-order valence-corrected chi connectivity index (χ3v) is 4.89. The van der Waals surface area contributed by atoms with Crippen molar-refractivity contribution >= 4 is 27.7 Å². The van der Waals surface area contributed by atoms with Crippen LogP contribution in [0.3, 0.4) is 0 Å². The van der Waals surface area contributed by atoms with Gasteiger partial charge in [-0.3, -0.25) is 14.2 Å². The van der Waals surface area contributed by atoms with Gasteiger partial charge >= 0.3 is 0 Å². The van der Waals surface area contributed by atoms with Gasteiger partial charge in [-0.1, -0.05) is 18.2 Å². The Balaban J connectivity index is 1.88. The van der Waals surface area contributed by atoms with Gasteiger partial charge in [0, 0.05) is 56.1 Å². The quantitative estimate of drug-likeness (QED) is 0.406. The van der Waals surface area contributed by atoms with E-state index in [4.69, 9.17) is 0 Å². The lowest BCUT2D eigenvalue weighted by molar-refractivity contribution is 0.104. The van der Waals surface area contributed by atoms with Gasteiger partial charge < -0.3 is 9.47 Å². The fraction of sp³-hybridized carbons (Fsp3) is 0.130. The number of ketones is 1. The number of para-hydroxylation sites is 1. The molecule has 0 radical (unpaired) electrons. The standard InChI is InChI=1S/C23H21N3O2/c1-24(2)15-14-21(27)16-8-10-17(11-9-16)26-22(28)13-12-20-23(26)18-6-4-5-7-19(18)25(20)3/h4-15H,1-3H3. The average Bonchev–Trinajstić information content (AvgIpc) is 2.99. The van der Waals surface area contributed by atoms with E-state index in [9.17, 15) is 9.59 Å². The molecule has 4 aromatic rings. The van der Waals surface area contributed by atoms with Crippen LogP contribution >= 0.6 is 0 Å². The Morgan fingerprint density at radius 2 is 1.64 bits per heavy atom. The summed E-state index contributed by atoms with van der Waals surface area (Å²) in [6.07, 6.45) is 3.25. The highest BCUT2D eigenvalue weighted by molar-refractivity contribution is 6.07. The third-order valence-electron chi connectivity index (χ3n) is 4.89. The maximum atomic E-state index is 12.8. The minimum atomic E-state index is -0.101. The molecular formula is C23H21N3O2. The number of fused-ring (bicyclic) bond motifs is 3. The SMILES string of the molecule is CN(C)C=CC(=O)c1ccc(-n2c(=O)ccc3c2c2ccccc2n3C)cc1. The molecule has 0 amide bonds. The topological polar surface area (TPSA) is 47.2 Å². The number of rotatable bonds is 4. The van der Waals surface area contributed by atoms with Crippen LogP contribution in [0.2, 0.25) is 0 Å². The normalized spacial score (nSPS) is 11.5. The van der Waals surface area contributed by atoms with E-state index < -0.39 is 0 Å². The highest BCUT2D eigenvalue weighted by Crippen LogP contribution is 2.28. The molecule has 0 aliphatic heterocycles. The number of nitrogens with zero attached hydrogens (tertiary/aromatic N) is 3. The summed E-state index contributed by atoms with van der Waals surface area (Å²) >= 11 is 0. The Morgan fingerprint density at radius 3 is 2.36 bits per heavy atom. The summed E-state index contributed by atoms with van der Waals surface area (Å²) in [6, 6.07) is 18.6. The summed E-state index contributed by atoms with van der Waals surface area (Å²) in [7, 11) is 5.73. The Morgan fingerprint density at radius 1 is 0.929 bits per heavy atom. The number of aryl methyl sites for hydroxylation is 1. The van der Waals surface area contributed by atoms with E-state index in [0.717, 1.165) is 27.6 Å². The Bertz CT molecular complexity index is 1280. The lowest BCUT2D eigenvalue weighted by atomic mass is 10.1. The zero-order chi connectivity index (χ0) is 19.8. The second kappa shape index (κ2) is 6.85. The van der Waals surface area contributed by atoms with Crippen LogP contribution in [0.25, 0.3) is 27.6 Å². The number of allylic oxidation sites excluding steroid dienone is 1. The second-order valence-electron chi connectivity index (χ2n) is 7.01. The van der Waals surface area contributed by atoms with Gasteiger partial charge in [0.15, 0.2) is 5.78 Å². The molecule has 0 aliphatic carbocycles. The highest BCUT2D eigenvalue weighted by atomic mass is 16.1. The molecule has 140 valence electrons. The molecule has 4 rings (SSSR count). The minimum absolute atomic E-state index is 0.0732. The molecule has 2 aromatic carbocycles. The lowest BCUT2D eigenvalue weighted by Gasteiger charge is -2.09. The first kappa shape index (κ1) is 17.8. The van der Waals surface area contributed by atoms with Crippen molar-refractivity contribution in [2.45, 2.75) is 0 Å². The summed E-state index contributed by atoms with van der Waals surface area (Å²) in [6.45, 7) is 0. The number of hydrogen-bond acceptors (Lipinski definition) is 3. The van der Waals surface area contributed by atoms with Crippen molar-refractivity contribution in [2.75, 3.05) is 14.1 Å². The van der Waals surface area contributed by atoms with Crippen LogP contribution in [-0.4, -0.2) is 33.9 Å². The minimum Gasteiger partial charge on any atom is -0.383 e. The molecule has 5 nitrogen and oxygen atoms in total. The van der Waals surface area contributed by atoms with Crippen molar-refractivity contribution in [1.82, 2.24) is 14.0 Å². The molecule has 0 bridgehead atoms. The second-order valence-corrected chi connectivity index (χ2v) is 7.01. The Labute approximate surface area is 162 Å². The van der Waals surface area contributed by atoms with Gasteiger partial charge in [0.05, 0.1) is 16.6 Å². The lowest BCUT2D eigenvalue weighted by Crippen LogP contribution is -2.17.